The third kappa shape index (κ3) is 5.27. The number of nitrogens with two attached hydrogens (primary N) is 2. The summed E-state index contributed by atoms with van der Waals surface area (Å²) in [5.41, 5.74) is 10.0. The highest BCUT2D eigenvalue weighted by molar-refractivity contribution is 5.75. The van der Waals surface area contributed by atoms with Crippen LogP contribution in [0.2, 0.25) is 0 Å². The molecule has 3 nitrogen and oxygen atoms in total. The average Bonchev–Trinajstić information content (AvgIpc) is 1.61. The second-order valence-electron chi connectivity index (χ2n) is 1.31. The zero-order valence-corrected chi connectivity index (χ0v) is 4.52. The molecule has 7 heavy (non-hydrogen) atoms. The molecule has 3 heteroatoms. The van der Waals surface area contributed by atoms with Crippen LogP contribution in [-0.4, -0.2) is 12.5 Å². The molecular formula is C4H13N3. The maximum atomic E-state index is 5.01. The van der Waals surface area contributed by atoms with Gasteiger partial charge in [-0.1, -0.05) is 6.92 Å². The van der Waals surface area contributed by atoms with Crippen molar-refractivity contribution >= 4 is 5.96 Å². The van der Waals surface area contributed by atoms with Gasteiger partial charge in [-0.05, 0) is 6.42 Å². The summed E-state index contributed by atoms with van der Waals surface area (Å²) in [6.07, 6.45) is 0.998. The van der Waals surface area contributed by atoms with Gasteiger partial charge in [-0.3, -0.25) is 4.99 Å². The normalized spacial score (nSPS) is 8.14. The molecule has 0 spiro atoms. The van der Waals surface area contributed by atoms with Crippen molar-refractivity contribution in [1.82, 2.24) is 0 Å². The van der Waals surface area contributed by atoms with Crippen LogP contribution in [0.1, 0.15) is 14.8 Å². The predicted octanol–water partition coefficient (Wildman–Crippen LogP) is -0.0842. The highest BCUT2D eigenvalue weighted by Crippen LogP contribution is 1.73. The van der Waals surface area contributed by atoms with Gasteiger partial charge in [0.1, 0.15) is 0 Å². The maximum absolute atomic E-state index is 5.01. The summed E-state index contributed by atoms with van der Waals surface area (Å²) in [5, 5.41) is 0. The summed E-state index contributed by atoms with van der Waals surface area (Å²) in [6, 6.07) is 0. The second kappa shape index (κ2) is 3.46. The van der Waals surface area contributed by atoms with Crippen molar-refractivity contribution in [3.05, 3.63) is 0 Å². The van der Waals surface area contributed by atoms with Crippen molar-refractivity contribution in [2.24, 2.45) is 16.5 Å². The number of hydrogen-bond donors (Lipinski definition) is 2. The van der Waals surface area contributed by atoms with Crippen LogP contribution in [0.3, 0.4) is 0 Å². The molecule has 0 aromatic rings. The van der Waals surface area contributed by atoms with Crippen LogP contribution >= 0.6 is 0 Å². The number of guanidine groups is 1. The van der Waals surface area contributed by atoms with Crippen LogP contribution < -0.4 is 11.5 Å². The van der Waals surface area contributed by atoms with E-state index >= 15 is 0 Å². The van der Waals surface area contributed by atoms with E-state index in [0.29, 0.717) is 0 Å². The fourth-order valence-electron chi connectivity index (χ4n) is 0.241. The molecule has 0 aliphatic rings. The summed E-state index contributed by atoms with van der Waals surface area (Å²) >= 11 is 0. The molecule has 0 aromatic heterocycles. The molecule has 0 amide bonds. The number of nitrogens with zero attached hydrogens (tertiary/aromatic N) is 1. The molecule has 0 saturated carbocycles. The van der Waals surface area contributed by atoms with Crippen molar-refractivity contribution < 1.29 is 1.43 Å². The molecule has 4 N–H and O–H groups in total. The maximum Gasteiger partial charge on any atom is 0.185 e. The monoisotopic (exact) mass is 103 g/mol. The van der Waals surface area contributed by atoms with E-state index in [2.05, 4.69) is 4.99 Å². The van der Waals surface area contributed by atoms with Crippen molar-refractivity contribution in [3.8, 4) is 0 Å². The average molecular weight is 103 g/mol. The first-order valence-electron chi connectivity index (χ1n) is 2.32. The Balaban J connectivity index is 0. The lowest BCUT2D eigenvalue weighted by Gasteiger charge is -1.86. The van der Waals surface area contributed by atoms with Gasteiger partial charge in [0, 0.05) is 7.97 Å². The minimum absolute atomic E-state index is 0. The molecule has 0 heterocycles. The van der Waals surface area contributed by atoms with E-state index in [4.69, 9.17) is 11.5 Å². The van der Waals surface area contributed by atoms with E-state index in [1.54, 1.807) is 0 Å². The lowest BCUT2D eigenvalue weighted by Crippen LogP contribution is -2.22. The Morgan fingerprint density at radius 1 is 1.71 bits per heavy atom. The van der Waals surface area contributed by atoms with Gasteiger partial charge < -0.3 is 11.5 Å². The molecular weight excluding hydrogens is 90.1 g/mol. The van der Waals surface area contributed by atoms with Gasteiger partial charge >= 0.3 is 0 Å². The fraction of sp³-hybridized carbons (Fsp3) is 0.750. The minimum Gasteiger partial charge on any atom is -0.370 e. The number of rotatable bonds is 2. The van der Waals surface area contributed by atoms with Crippen LogP contribution in [0.15, 0.2) is 4.99 Å². The Labute approximate surface area is 44.9 Å². The van der Waals surface area contributed by atoms with Gasteiger partial charge in [0.15, 0.2) is 5.96 Å². The molecule has 0 rings (SSSR count). The molecule has 0 aliphatic heterocycles. The number of hydrogen-bond acceptors (Lipinski definition) is 1. The largest absolute Gasteiger partial charge is 0.370 e. The molecule has 0 bridgehead atoms. The third-order valence-corrected chi connectivity index (χ3v) is 0.518. The van der Waals surface area contributed by atoms with Crippen LogP contribution in [0.4, 0.5) is 0 Å². The quantitative estimate of drug-likeness (QED) is 0.379. The summed E-state index contributed by atoms with van der Waals surface area (Å²) in [4.78, 5) is 3.72. The molecule has 0 aliphatic carbocycles. The van der Waals surface area contributed by atoms with Crippen molar-refractivity contribution in [2.45, 2.75) is 13.3 Å². The van der Waals surface area contributed by atoms with E-state index in [-0.39, 0.29) is 7.39 Å². The van der Waals surface area contributed by atoms with Crippen LogP contribution in [0.5, 0.6) is 0 Å². The smallest absolute Gasteiger partial charge is 0.185 e. The Hall–Kier alpha value is -0.730. The van der Waals surface area contributed by atoms with Gasteiger partial charge in [-0.15, -0.1) is 0 Å². The molecule has 0 unspecified atom stereocenters. The molecule has 0 saturated heterocycles. The lowest BCUT2D eigenvalue weighted by atomic mass is 10.5. The Morgan fingerprint density at radius 3 is 2.43 bits per heavy atom. The molecule has 0 atom stereocenters. The molecule has 44 valence electrons. The zero-order chi connectivity index (χ0) is 5.70. The standard InChI is InChI=1S/C4H11N3.H2/c1-2-3-7-4(5)6;/h2-3H2,1H3,(H4,5,6,7);1H. The van der Waals surface area contributed by atoms with Crippen LogP contribution in [-0.2, 0) is 0 Å². The summed E-state index contributed by atoms with van der Waals surface area (Å²) in [6.45, 7) is 2.76. The first-order valence-corrected chi connectivity index (χ1v) is 2.32. The van der Waals surface area contributed by atoms with Crippen LogP contribution in [0, 0.1) is 0 Å². The van der Waals surface area contributed by atoms with Gasteiger partial charge in [-0.2, -0.15) is 0 Å². The Morgan fingerprint density at radius 2 is 2.29 bits per heavy atom. The van der Waals surface area contributed by atoms with Crippen molar-refractivity contribution in [2.75, 3.05) is 6.54 Å². The van der Waals surface area contributed by atoms with E-state index in [1.807, 2.05) is 6.92 Å². The molecule has 0 fully saturated rings. The topological polar surface area (TPSA) is 64.4 Å². The summed E-state index contributed by atoms with van der Waals surface area (Å²) < 4.78 is 0. The second-order valence-corrected chi connectivity index (χ2v) is 1.31. The van der Waals surface area contributed by atoms with E-state index < -0.39 is 0 Å². The van der Waals surface area contributed by atoms with E-state index in [1.165, 1.54) is 0 Å². The Kier molecular flexibility index (Phi) is 3.10. The summed E-state index contributed by atoms with van der Waals surface area (Å²) in [5.74, 6) is 0.182. The first-order chi connectivity index (χ1) is 3.27. The SMILES string of the molecule is CCCN=C(N)N.[HH]. The number of aliphatic imine (C=N–C) groups is 1. The predicted molar refractivity (Wildman–Crippen MR) is 33.1 cm³/mol. The zero-order valence-electron chi connectivity index (χ0n) is 4.52. The van der Waals surface area contributed by atoms with Crippen molar-refractivity contribution in [1.29, 1.82) is 0 Å². The highest BCUT2D eigenvalue weighted by Gasteiger charge is 1.74. The summed E-state index contributed by atoms with van der Waals surface area (Å²) in [7, 11) is 0. The van der Waals surface area contributed by atoms with Gasteiger partial charge in [-0.25, -0.2) is 0 Å². The van der Waals surface area contributed by atoms with Gasteiger partial charge in [0.05, 0.1) is 0 Å². The van der Waals surface area contributed by atoms with E-state index in [0.717, 1.165) is 13.0 Å². The molecule has 0 radical (unpaired) electrons. The van der Waals surface area contributed by atoms with E-state index in [9.17, 15) is 0 Å². The fourth-order valence-corrected chi connectivity index (χ4v) is 0.241. The van der Waals surface area contributed by atoms with Crippen molar-refractivity contribution in [3.63, 3.8) is 0 Å². The van der Waals surface area contributed by atoms with Crippen LogP contribution in [0.25, 0.3) is 0 Å². The first kappa shape index (κ1) is 6.27. The van der Waals surface area contributed by atoms with Gasteiger partial charge in [0.2, 0.25) is 0 Å². The highest BCUT2D eigenvalue weighted by atomic mass is 15.0. The lowest BCUT2D eigenvalue weighted by molar-refractivity contribution is 0.927. The Bertz CT molecular complexity index is 67.7. The van der Waals surface area contributed by atoms with Gasteiger partial charge in [0.25, 0.3) is 0 Å². The third-order valence-electron chi connectivity index (χ3n) is 0.518. The molecule has 0 aromatic carbocycles. The minimum atomic E-state index is 0.